The van der Waals surface area contributed by atoms with Crippen LogP contribution in [0.1, 0.15) is 39.5 Å². The third-order valence-electron chi connectivity index (χ3n) is 2.41. The van der Waals surface area contributed by atoms with Crippen LogP contribution in [0.15, 0.2) is 5.16 Å². The highest BCUT2D eigenvalue weighted by molar-refractivity contribution is 7.33. The van der Waals surface area contributed by atoms with Gasteiger partial charge in [0.25, 0.3) is 0 Å². The third-order valence-corrected chi connectivity index (χ3v) is 3.11. The van der Waals surface area contributed by atoms with Crippen molar-refractivity contribution in [2.75, 3.05) is 13.2 Å². The Morgan fingerprint density at radius 2 is 2.18 bits per heavy atom. The summed E-state index contributed by atoms with van der Waals surface area (Å²) < 4.78 is 21.1. The van der Waals surface area contributed by atoms with Crippen molar-refractivity contribution in [1.82, 2.24) is 0 Å². The smallest absolute Gasteiger partial charge is 0.409 e. The quantitative estimate of drug-likeness (QED) is 0.208. The fourth-order valence-corrected chi connectivity index (χ4v) is 1.89. The Labute approximate surface area is 103 Å². The standard InChI is InChI=1S/C10H21N2O4P/c1-3-5-6-9(4-2)7-15-17(14)16-8-10(11)12-13/h9H,3-8H2,1-2H3,(H2-,11,12,13)/p+1. The van der Waals surface area contributed by atoms with Crippen molar-refractivity contribution < 1.29 is 18.8 Å². The van der Waals surface area contributed by atoms with Crippen LogP contribution in [0.2, 0.25) is 0 Å². The highest BCUT2D eigenvalue weighted by Gasteiger charge is 2.23. The second-order valence-electron chi connectivity index (χ2n) is 3.80. The summed E-state index contributed by atoms with van der Waals surface area (Å²) in [6.07, 6.45) is 4.34. The first-order chi connectivity index (χ1) is 8.13. The number of hydrogen-bond donors (Lipinski definition) is 2. The van der Waals surface area contributed by atoms with Crippen LogP contribution in [0, 0.1) is 5.92 Å². The van der Waals surface area contributed by atoms with Crippen molar-refractivity contribution in [3.05, 3.63) is 0 Å². The van der Waals surface area contributed by atoms with E-state index in [1.54, 1.807) is 0 Å². The summed E-state index contributed by atoms with van der Waals surface area (Å²) in [6.45, 7) is 4.43. The van der Waals surface area contributed by atoms with E-state index in [4.69, 9.17) is 20.0 Å². The Morgan fingerprint density at radius 3 is 2.71 bits per heavy atom. The Morgan fingerprint density at radius 1 is 1.47 bits per heavy atom. The molecule has 2 unspecified atom stereocenters. The largest absolute Gasteiger partial charge is 0.697 e. The van der Waals surface area contributed by atoms with Gasteiger partial charge in [-0.15, -0.1) is 9.05 Å². The molecule has 0 saturated carbocycles. The SMILES string of the molecule is CCCCC(CC)CO[P+](=O)OCC(N)=NO. The van der Waals surface area contributed by atoms with E-state index in [0.717, 1.165) is 25.7 Å². The van der Waals surface area contributed by atoms with Gasteiger partial charge in [-0.2, -0.15) is 0 Å². The van der Waals surface area contributed by atoms with E-state index < -0.39 is 8.25 Å². The van der Waals surface area contributed by atoms with E-state index >= 15 is 0 Å². The van der Waals surface area contributed by atoms with Crippen LogP contribution in [-0.2, 0) is 13.6 Å². The van der Waals surface area contributed by atoms with Crippen LogP contribution in [0.5, 0.6) is 0 Å². The Kier molecular flexibility index (Phi) is 10.0. The van der Waals surface area contributed by atoms with Crippen molar-refractivity contribution in [2.45, 2.75) is 39.5 Å². The molecule has 2 atom stereocenters. The number of nitrogens with zero attached hydrogens (tertiary/aromatic N) is 1. The molecule has 100 valence electrons. The van der Waals surface area contributed by atoms with E-state index in [-0.39, 0.29) is 12.4 Å². The summed E-state index contributed by atoms with van der Waals surface area (Å²) >= 11 is 0. The second kappa shape index (κ2) is 10.4. The Bertz CT molecular complexity index is 248. The molecule has 0 spiro atoms. The molecule has 17 heavy (non-hydrogen) atoms. The summed E-state index contributed by atoms with van der Waals surface area (Å²) in [7, 11) is -2.19. The average Bonchev–Trinajstić information content (AvgIpc) is 2.36. The van der Waals surface area contributed by atoms with Gasteiger partial charge in [-0.1, -0.05) is 38.3 Å². The van der Waals surface area contributed by atoms with Crippen molar-refractivity contribution in [3.63, 3.8) is 0 Å². The highest BCUT2D eigenvalue weighted by atomic mass is 31.1. The van der Waals surface area contributed by atoms with Gasteiger partial charge in [-0.05, 0) is 12.3 Å². The van der Waals surface area contributed by atoms with Crippen molar-refractivity contribution in [3.8, 4) is 0 Å². The second-order valence-corrected chi connectivity index (χ2v) is 4.76. The van der Waals surface area contributed by atoms with Gasteiger partial charge in [0.2, 0.25) is 0 Å². The van der Waals surface area contributed by atoms with Gasteiger partial charge in [0.1, 0.15) is 6.61 Å². The molecule has 0 saturated heterocycles. The van der Waals surface area contributed by atoms with E-state index in [1.165, 1.54) is 0 Å². The van der Waals surface area contributed by atoms with Crippen LogP contribution in [-0.4, -0.2) is 24.3 Å². The van der Waals surface area contributed by atoms with Gasteiger partial charge in [0, 0.05) is 4.57 Å². The average molecular weight is 265 g/mol. The molecule has 0 aromatic heterocycles. The van der Waals surface area contributed by atoms with Crippen LogP contribution in [0.25, 0.3) is 0 Å². The number of amidine groups is 1. The third kappa shape index (κ3) is 9.03. The highest BCUT2D eigenvalue weighted by Crippen LogP contribution is 2.26. The Balaban J connectivity index is 3.73. The lowest BCUT2D eigenvalue weighted by molar-refractivity contribution is 0.198. The lowest BCUT2D eigenvalue weighted by Gasteiger charge is -2.09. The minimum absolute atomic E-state index is 0.130. The molecule has 0 aliphatic rings. The van der Waals surface area contributed by atoms with Gasteiger partial charge in [-0.3, -0.25) is 0 Å². The summed E-state index contributed by atoms with van der Waals surface area (Å²) in [4.78, 5) is 0. The van der Waals surface area contributed by atoms with Crippen molar-refractivity contribution in [2.24, 2.45) is 16.8 Å². The summed E-state index contributed by atoms with van der Waals surface area (Å²) in [5.41, 5.74) is 5.16. The first kappa shape index (κ1) is 16.3. The zero-order valence-corrected chi connectivity index (χ0v) is 11.4. The lowest BCUT2D eigenvalue weighted by Crippen LogP contribution is -2.17. The monoisotopic (exact) mass is 265 g/mol. The lowest BCUT2D eigenvalue weighted by atomic mass is 10.0. The Hall–Kier alpha value is -0.710. The van der Waals surface area contributed by atoms with Crippen molar-refractivity contribution in [1.29, 1.82) is 0 Å². The van der Waals surface area contributed by atoms with Crippen LogP contribution < -0.4 is 5.73 Å². The number of nitrogens with two attached hydrogens (primary N) is 1. The van der Waals surface area contributed by atoms with Crippen LogP contribution >= 0.6 is 8.25 Å². The predicted octanol–water partition coefficient (Wildman–Crippen LogP) is 2.64. The van der Waals surface area contributed by atoms with Crippen LogP contribution in [0.4, 0.5) is 0 Å². The van der Waals surface area contributed by atoms with Gasteiger partial charge in [0.05, 0.1) is 0 Å². The molecule has 0 heterocycles. The fourth-order valence-electron chi connectivity index (χ4n) is 1.25. The maximum atomic E-state index is 11.3. The molecule has 0 radical (unpaired) electrons. The summed E-state index contributed by atoms with van der Waals surface area (Å²) in [6, 6.07) is 0. The first-order valence-corrected chi connectivity index (χ1v) is 6.93. The summed E-state index contributed by atoms with van der Waals surface area (Å²) in [5.74, 6) is 0.274. The molecule has 0 rings (SSSR count). The minimum Gasteiger partial charge on any atom is -0.409 e. The number of unbranched alkanes of at least 4 members (excludes halogenated alkanes) is 1. The topological polar surface area (TPSA) is 94.1 Å². The molecule has 0 bridgehead atoms. The molecule has 0 aromatic rings. The van der Waals surface area contributed by atoms with E-state index in [2.05, 4.69) is 19.0 Å². The van der Waals surface area contributed by atoms with Gasteiger partial charge in [0.15, 0.2) is 12.4 Å². The normalized spacial score (nSPS) is 14.7. The zero-order chi connectivity index (χ0) is 13.1. The zero-order valence-electron chi connectivity index (χ0n) is 10.5. The van der Waals surface area contributed by atoms with Gasteiger partial charge in [-0.25, -0.2) is 0 Å². The van der Waals surface area contributed by atoms with Crippen molar-refractivity contribution >= 4 is 14.1 Å². The van der Waals surface area contributed by atoms with E-state index in [1.807, 2.05) is 0 Å². The molecular formula is C10H22N2O4P+. The number of oxime groups is 1. The van der Waals surface area contributed by atoms with Crippen LogP contribution in [0.3, 0.4) is 0 Å². The minimum atomic E-state index is -2.19. The maximum absolute atomic E-state index is 11.3. The molecule has 0 amide bonds. The summed E-state index contributed by atoms with van der Waals surface area (Å²) in [5, 5.41) is 10.9. The van der Waals surface area contributed by atoms with Gasteiger partial charge >= 0.3 is 8.25 Å². The molecular weight excluding hydrogens is 243 g/mol. The first-order valence-electron chi connectivity index (χ1n) is 5.83. The van der Waals surface area contributed by atoms with E-state index in [0.29, 0.717) is 12.5 Å². The molecule has 0 aliphatic carbocycles. The molecule has 0 aromatic carbocycles. The number of hydrogen-bond acceptors (Lipinski definition) is 5. The van der Waals surface area contributed by atoms with E-state index in [9.17, 15) is 4.57 Å². The fraction of sp³-hybridized carbons (Fsp3) is 0.900. The molecule has 6 nitrogen and oxygen atoms in total. The molecule has 0 aliphatic heterocycles. The van der Waals surface area contributed by atoms with Gasteiger partial charge < -0.3 is 10.9 Å². The predicted molar refractivity (Wildman–Crippen MR) is 66.2 cm³/mol. The number of rotatable bonds is 10. The maximum Gasteiger partial charge on any atom is 0.697 e. The molecule has 3 N–H and O–H groups in total. The molecule has 7 heteroatoms. The molecule has 0 fully saturated rings.